The Kier molecular flexibility index (Phi) is 10.4. The first-order chi connectivity index (χ1) is 11.3. The van der Waals surface area contributed by atoms with E-state index < -0.39 is 0 Å². The lowest BCUT2D eigenvalue weighted by Gasteiger charge is -2.13. The molecule has 1 aromatic heterocycles. The summed E-state index contributed by atoms with van der Waals surface area (Å²) >= 11 is 0. The topological polar surface area (TPSA) is 78.4 Å². The third kappa shape index (κ3) is 7.94. The van der Waals surface area contributed by atoms with E-state index in [0.29, 0.717) is 37.9 Å². The van der Waals surface area contributed by atoms with Gasteiger partial charge in [0, 0.05) is 32.8 Å². The number of guanidine groups is 1. The van der Waals surface area contributed by atoms with E-state index in [1.165, 1.54) is 25.7 Å². The van der Waals surface area contributed by atoms with E-state index in [0.717, 1.165) is 5.69 Å². The fourth-order valence-electron chi connectivity index (χ4n) is 2.83. The minimum Gasteiger partial charge on any atom is -0.355 e. The Hall–Kier alpha value is -1.38. The van der Waals surface area contributed by atoms with E-state index in [-0.39, 0.29) is 29.9 Å². The number of amides is 1. The number of nitrogens with one attached hydrogen (secondary N) is 3. The third-order valence-electron chi connectivity index (χ3n) is 4.08. The number of aromatic nitrogens is 1. The van der Waals surface area contributed by atoms with Gasteiger partial charge >= 0.3 is 0 Å². The van der Waals surface area contributed by atoms with Crippen LogP contribution in [0.5, 0.6) is 0 Å². The number of hydrogen-bond acceptors (Lipinski definition) is 3. The molecule has 7 heteroatoms. The van der Waals surface area contributed by atoms with E-state index in [4.69, 9.17) is 0 Å². The maximum atomic E-state index is 11.8. The molecule has 0 saturated heterocycles. The molecule has 1 aliphatic rings. The molecule has 0 bridgehead atoms. The molecule has 0 aromatic carbocycles. The molecule has 0 atom stereocenters. The maximum absolute atomic E-state index is 11.8. The molecule has 1 heterocycles. The number of carbonyl (C=O) groups is 1. The summed E-state index contributed by atoms with van der Waals surface area (Å²) in [4.78, 5) is 20.2. The number of hydrogen-bond donors (Lipinski definition) is 3. The van der Waals surface area contributed by atoms with E-state index in [9.17, 15) is 4.79 Å². The van der Waals surface area contributed by atoms with Gasteiger partial charge < -0.3 is 16.0 Å². The summed E-state index contributed by atoms with van der Waals surface area (Å²) in [5, 5.41) is 9.35. The fourth-order valence-corrected chi connectivity index (χ4v) is 2.83. The van der Waals surface area contributed by atoms with Crippen molar-refractivity contribution < 1.29 is 4.79 Å². The number of aliphatic imine (C=N–C) groups is 1. The normalized spacial score (nSPS) is 14.8. The number of nitrogens with zero attached hydrogens (tertiary/aromatic N) is 2. The summed E-state index contributed by atoms with van der Waals surface area (Å²) < 4.78 is 0. The van der Waals surface area contributed by atoms with E-state index in [1.54, 1.807) is 13.2 Å². The number of rotatable bonds is 7. The van der Waals surface area contributed by atoms with Crippen LogP contribution >= 0.6 is 24.0 Å². The van der Waals surface area contributed by atoms with Gasteiger partial charge in [-0.25, -0.2) is 0 Å². The maximum Gasteiger partial charge on any atom is 0.220 e. The smallest absolute Gasteiger partial charge is 0.220 e. The van der Waals surface area contributed by atoms with Gasteiger partial charge in [0.25, 0.3) is 0 Å². The number of pyridine rings is 1. The summed E-state index contributed by atoms with van der Waals surface area (Å²) in [6.07, 6.45) is 7.40. The molecule has 1 aromatic rings. The highest BCUT2D eigenvalue weighted by Crippen LogP contribution is 2.27. The van der Waals surface area contributed by atoms with Gasteiger partial charge in [-0.3, -0.25) is 14.8 Å². The van der Waals surface area contributed by atoms with Crippen LogP contribution in [-0.4, -0.2) is 37.0 Å². The first-order valence-electron chi connectivity index (χ1n) is 8.39. The highest BCUT2D eigenvalue weighted by Gasteiger charge is 2.17. The Labute approximate surface area is 161 Å². The molecule has 0 unspecified atom stereocenters. The van der Waals surface area contributed by atoms with Crippen molar-refractivity contribution in [2.24, 2.45) is 10.9 Å². The number of carbonyl (C=O) groups excluding carboxylic acids is 1. The Bertz CT molecular complexity index is 503. The van der Waals surface area contributed by atoms with Crippen LogP contribution in [0, 0.1) is 5.92 Å². The quantitative estimate of drug-likeness (QED) is 0.260. The summed E-state index contributed by atoms with van der Waals surface area (Å²) in [6, 6.07) is 5.81. The monoisotopic (exact) mass is 445 g/mol. The minimum atomic E-state index is 0. The molecular weight excluding hydrogens is 417 g/mol. The SMILES string of the molecule is CN=C(NCCNC(=O)CC1CCCC1)NCc1ccccn1.I. The summed E-state index contributed by atoms with van der Waals surface area (Å²) in [5.41, 5.74) is 0.959. The lowest BCUT2D eigenvalue weighted by atomic mass is 10.0. The van der Waals surface area contributed by atoms with Crippen LogP contribution in [0.1, 0.15) is 37.8 Å². The first-order valence-corrected chi connectivity index (χ1v) is 8.39. The van der Waals surface area contributed by atoms with Crippen molar-refractivity contribution in [3.8, 4) is 0 Å². The van der Waals surface area contributed by atoms with Crippen LogP contribution in [-0.2, 0) is 11.3 Å². The van der Waals surface area contributed by atoms with Crippen LogP contribution < -0.4 is 16.0 Å². The van der Waals surface area contributed by atoms with Crippen molar-refractivity contribution in [1.82, 2.24) is 20.9 Å². The van der Waals surface area contributed by atoms with Crippen LogP contribution in [0.2, 0.25) is 0 Å². The Morgan fingerprint density at radius 3 is 2.62 bits per heavy atom. The van der Waals surface area contributed by atoms with Crippen molar-refractivity contribution in [2.75, 3.05) is 20.1 Å². The lowest BCUT2D eigenvalue weighted by molar-refractivity contribution is -0.121. The van der Waals surface area contributed by atoms with Crippen molar-refractivity contribution in [1.29, 1.82) is 0 Å². The molecule has 6 nitrogen and oxygen atoms in total. The largest absolute Gasteiger partial charge is 0.355 e. The second-order valence-corrected chi connectivity index (χ2v) is 5.88. The Morgan fingerprint density at radius 1 is 1.21 bits per heavy atom. The number of halogens is 1. The summed E-state index contributed by atoms with van der Waals surface area (Å²) in [7, 11) is 1.73. The minimum absolute atomic E-state index is 0. The second-order valence-electron chi connectivity index (χ2n) is 5.88. The van der Waals surface area contributed by atoms with Gasteiger partial charge in [0.1, 0.15) is 0 Å². The standard InChI is InChI=1S/C17H27N5O.HI/c1-18-17(22-13-15-8-4-5-9-19-15)21-11-10-20-16(23)12-14-6-2-3-7-14;/h4-5,8-9,14H,2-3,6-7,10-13H2,1H3,(H,20,23)(H2,18,21,22);1H. The zero-order valence-electron chi connectivity index (χ0n) is 14.3. The molecule has 1 aliphatic carbocycles. The van der Waals surface area contributed by atoms with Crippen LogP contribution in [0.3, 0.4) is 0 Å². The molecule has 1 amide bonds. The van der Waals surface area contributed by atoms with E-state index in [1.807, 2.05) is 18.2 Å². The van der Waals surface area contributed by atoms with Crippen LogP contribution in [0.4, 0.5) is 0 Å². The molecule has 3 N–H and O–H groups in total. The molecule has 134 valence electrons. The van der Waals surface area contributed by atoms with E-state index >= 15 is 0 Å². The average Bonchev–Trinajstić information content (AvgIpc) is 3.08. The van der Waals surface area contributed by atoms with Gasteiger partial charge in [-0.15, -0.1) is 24.0 Å². The second kappa shape index (κ2) is 12.0. The first kappa shape index (κ1) is 20.7. The van der Waals surface area contributed by atoms with Gasteiger partial charge in [0.15, 0.2) is 5.96 Å². The highest BCUT2D eigenvalue weighted by atomic mass is 127. The van der Waals surface area contributed by atoms with Crippen molar-refractivity contribution in [2.45, 2.75) is 38.6 Å². The molecule has 24 heavy (non-hydrogen) atoms. The fraction of sp³-hybridized carbons (Fsp3) is 0.588. The molecular formula is C17H28IN5O. The van der Waals surface area contributed by atoms with Gasteiger partial charge in [-0.2, -0.15) is 0 Å². The van der Waals surface area contributed by atoms with Gasteiger partial charge in [0.2, 0.25) is 5.91 Å². The Morgan fingerprint density at radius 2 is 1.96 bits per heavy atom. The van der Waals surface area contributed by atoms with Gasteiger partial charge in [0.05, 0.1) is 12.2 Å². The predicted molar refractivity (Wildman–Crippen MR) is 107 cm³/mol. The lowest BCUT2D eigenvalue weighted by Crippen LogP contribution is -2.41. The van der Waals surface area contributed by atoms with Crippen LogP contribution in [0.25, 0.3) is 0 Å². The molecule has 0 spiro atoms. The third-order valence-corrected chi connectivity index (χ3v) is 4.08. The van der Waals surface area contributed by atoms with Gasteiger partial charge in [-0.05, 0) is 30.9 Å². The highest BCUT2D eigenvalue weighted by molar-refractivity contribution is 14.0. The predicted octanol–water partition coefficient (Wildman–Crippen LogP) is 2.06. The molecule has 1 fully saturated rings. The van der Waals surface area contributed by atoms with Crippen molar-refractivity contribution in [3.63, 3.8) is 0 Å². The van der Waals surface area contributed by atoms with E-state index in [2.05, 4.69) is 25.9 Å². The van der Waals surface area contributed by atoms with Gasteiger partial charge in [-0.1, -0.05) is 18.9 Å². The Balaban J connectivity index is 0.00000288. The zero-order chi connectivity index (χ0) is 16.3. The summed E-state index contributed by atoms with van der Waals surface area (Å²) in [6.45, 7) is 1.88. The zero-order valence-corrected chi connectivity index (χ0v) is 16.6. The molecule has 0 aliphatic heterocycles. The molecule has 2 rings (SSSR count). The van der Waals surface area contributed by atoms with Crippen molar-refractivity contribution >= 4 is 35.8 Å². The van der Waals surface area contributed by atoms with Crippen LogP contribution in [0.15, 0.2) is 29.4 Å². The average molecular weight is 445 g/mol. The molecule has 0 radical (unpaired) electrons. The molecule has 1 saturated carbocycles. The van der Waals surface area contributed by atoms with Crippen molar-refractivity contribution in [3.05, 3.63) is 30.1 Å². The summed E-state index contributed by atoms with van der Waals surface area (Å²) in [5.74, 6) is 1.46.